The Morgan fingerprint density at radius 2 is 2.15 bits per heavy atom. The van der Waals surface area contributed by atoms with Crippen LogP contribution in [0.2, 0.25) is 0 Å². The highest BCUT2D eigenvalue weighted by molar-refractivity contribution is 5.74. The number of amides is 2. The van der Waals surface area contributed by atoms with Crippen LogP contribution in [-0.2, 0) is 6.54 Å². The Morgan fingerprint density at radius 3 is 2.85 bits per heavy atom. The first-order valence-corrected chi connectivity index (χ1v) is 7.22. The summed E-state index contributed by atoms with van der Waals surface area (Å²) in [6, 6.07) is 1.64. The van der Waals surface area contributed by atoms with Gasteiger partial charge in [0.15, 0.2) is 0 Å². The molecule has 0 aliphatic heterocycles. The van der Waals surface area contributed by atoms with Gasteiger partial charge >= 0.3 is 6.03 Å². The molecule has 0 atom stereocenters. The van der Waals surface area contributed by atoms with E-state index in [1.165, 1.54) is 36.2 Å². The van der Waals surface area contributed by atoms with Gasteiger partial charge in [0.25, 0.3) is 5.56 Å². The molecular formula is C14H22N4O2. The lowest BCUT2D eigenvalue weighted by atomic mass is 9.96. The van der Waals surface area contributed by atoms with E-state index in [0.717, 1.165) is 12.8 Å². The van der Waals surface area contributed by atoms with Crippen LogP contribution in [0, 0.1) is 6.92 Å². The van der Waals surface area contributed by atoms with E-state index in [9.17, 15) is 9.59 Å². The van der Waals surface area contributed by atoms with Crippen molar-refractivity contribution in [3.05, 3.63) is 28.4 Å². The minimum Gasteiger partial charge on any atom is -0.336 e. The average Bonchev–Trinajstić information content (AvgIpc) is 2.42. The molecule has 1 aliphatic rings. The van der Waals surface area contributed by atoms with Crippen molar-refractivity contribution in [1.29, 1.82) is 0 Å². The van der Waals surface area contributed by atoms with Crippen LogP contribution in [-0.4, -0.2) is 28.2 Å². The number of urea groups is 1. The third-order valence-electron chi connectivity index (χ3n) is 3.59. The van der Waals surface area contributed by atoms with Gasteiger partial charge in [-0.25, -0.2) is 9.78 Å². The Balaban J connectivity index is 1.72. The number of hydrogen-bond acceptors (Lipinski definition) is 3. The first-order chi connectivity index (χ1) is 9.65. The number of hydrogen-bond donors (Lipinski definition) is 2. The molecule has 0 aromatic carbocycles. The Kier molecular flexibility index (Phi) is 5.15. The summed E-state index contributed by atoms with van der Waals surface area (Å²) in [5.74, 6) is 0. The lowest BCUT2D eigenvalue weighted by Crippen LogP contribution is -2.44. The van der Waals surface area contributed by atoms with E-state index < -0.39 is 0 Å². The summed E-state index contributed by atoms with van der Waals surface area (Å²) in [5, 5.41) is 5.76. The van der Waals surface area contributed by atoms with Crippen molar-refractivity contribution in [2.24, 2.45) is 0 Å². The summed E-state index contributed by atoms with van der Waals surface area (Å²) in [4.78, 5) is 27.4. The smallest absolute Gasteiger partial charge is 0.315 e. The molecule has 2 N–H and O–H groups in total. The number of nitrogens with zero attached hydrogens (tertiary/aromatic N) is 2. The topological polar surface area (TPSA) is 76.0 Å². The Morgan fingerprint density at radius 1 is 1.40 bits per heavy atom. The third kappa shape index (κ3) is 4.36. The Hall–Kier alpha value is -1.85. The van der Waals surface area contributed by atoms with Gasteiger partial charge in [-0.1, -0.05) is 19.3 Å². The minimum absolute atomic E-state index is 0.0908. The van der Waals surface area contributed by atoms with Gasteiger partial charge < -0.3 is 10.6 Å². The molecule has 0 unspecified atom stereocenters. The number of rotatable bonds is 4. The van der Waals surface area contributed by atoms with E-state index in [2.05, 4.69) is 15.6 Å². The van der Waals surface area contributed by atoms with E-state index in [1.54, 1.807) is 6.92 Å². The molecule has 0 saturated heterocycles. The molecule has 1 heterocycles. The Labute approximate surface area is 118 Å². The van der Waals surface area contributed by atoms with Crippen LogP contribution in [0.4, 0.5) is 4.79 Å². The normalized spacial score (nSPS) is 15.8. The second-order valence-corrected chi connectivity index (χ2v) is 5.30. The number of carbonyl (C=O) groups is 1. The number of aromatic nitrogens is 2. The highest BCUT2D eigenvalue weighted by Crippen LogP contribution is 2.16. The summed E-state index contributed by atoms with van der Waals surface area (Å²) in [7, 11) is 0. The highest BCUT2D eigenvalue weighted by atomic mass is 16.2. The summed E-state index contributed by atoms with van der Waals surface area (Å²) in [6.07, 6.45) is 7.29. The fourth-order valence-electron chi connectivity index (χ4n) is 2.46. The third-order valence-corrected chi connectivity index (χ3v) is 3.59. The lowest BCUT2D eigenvalue weighted by molar-refractivity contribution is 0.232. The van der Waals surface area contributed by atoms with Gasteiger partial charge in [-0.05, 0) is 19.8 Å². The van der Waals surface area contributed by atoms with E-state index in [0.29, 0.717) is 24.8 Å². The number of aryl methyl sites for hydroxylation is 1. The van der Waals surface area contributed by atoms with Crippen molar-refractivity contribution in [2.45, 2.75) is 51.6 Å². The fourth-order valence-corrected chi connectivity index (χ4v) is 2.46. The molecular weight excluding hydrogens is 256 g/mol. The van der Waals surface area contributed by atoms with Crippen LogP contribution in [0.5, 0.6) is 0 Å². The van der Waals surface area contributed by atoms with Crippen LogP contribution >= 0.6 is 0 Å². The maximum Gasteiger partial charge on any atom is 0.315 e. The minimum atomic E-state index is -0.148. The first-order valence-electron chi connectivity index (χ1n) is 7.22. The van der Waals surface area contributed by atoms with Crippen molar-refractivity contribution >= 4 is 6.03 Å². The molecule has 110 valence electrons. The van der Waals surface area contributed by atoms with E-state index in [-0.39, 0.29) is 11.6 Å². The molecule has 2 amide bonds. The largest absolute Gasteiger partial charge is 0.336 e. The average molecular weight is 278 g/mol. The lowest BCUT2D eigenvalue weighted by Gasteiger charge is -2.22. The molecule has 1 saturated carbocycles. The van der Waals surface area contributed by atoms with Crippen molar-refractivity contribution in [3.8, 4) is 0 Å². The quantitative estimate of drug-likeness (QED) is 0.868. The van der Waals surface area contributed by atoms with Gasteiger partial charge in [-0.15, -0.1) is 0 Å². The van der Waals surface area contributed by atoms with E-state index >= 15 is 0 Å². The number of carbonyl (C=O) groups excluding carboxylic acids is 1. The zero-order valence-electron chi connectivity index (χ0n) is 11.9. The second kappa shape index (κ2) is 7.07. The summed E-state index contributed by atoms with van der Waals surface area (Å²) in [5.41, 5.74) is 0.612. The van der Waals surface area contributed by atoms with Gasteiger partial charge in [0.2, 0.25) is 0 Å². The van der Waals surface area contributed by atoms with Crippen LogP contribution in [0.15, 0.2) is 17.2 Å². The standard InChI is InChI=1S/C14H22N4O2/c1-11-9-13(19)18(10-16-11)8-7-15-14(20)17-12-5-3-2-4-6-12/h9-10,12H,2-8H2,1H3,(H2,15,17,20). The van der Waals surface area contributed by atoms with Gasteiger partial charge in [-0.2, -0.15) is 0 Å². The fraction of sp³-hybridized carbons (Fsp3) is 0.643. The van der Waals surface area contributed by atoms with Crippen molar-refractivity contribution in [2.75, 3.05) is 6.54 Å². The van der Waals surface area contributed by atoms with Gasteiger partial charge in [0.05, 0.1) is 6.33 Å². The monoisotopic (exact) mass is 278 g/mol. The van der Waals surface area contributed by atoms with E-state index in [1.807, 2.05) is 0 Å². The van der Waals surface area contributed by atoms with Gasteiger partial charge in [0.1, 0.15) is 0 Å². The van der Waals surface area contributed by atoms with Crippen molar-refractivity contribution in [1.82, 2.24) is 20.2 Å². The van der Waals surface area contributed by atoms with Gasteiger partial charge in [-0.3, -0.25) is 9.36 Å². The summed E-state index contributed by atoms with van der Waals surface area (Å²) < 4.78 is 1.49. The van der Waals surface area contributed by atoms with Crippen molar-refractivity contribution < 1.29 is 4.79 Å². The van der Waals surface area contributed by atoms with Crippen LogP contribution in [0.1, 0.15) is 37.8 Å². The van der Waals surface area contributed by atoms with Crippen LogP contribution in [0.3, 0.4) is 0 Å². The maximum atomic E-state index is 11.7. The van der Waals surface area contributed by atoms with Crippen LogP contribution < -0.4 is 16.2 Å². The molecule has 1 fully saturated rings. The van der Waals surface area contributed by atoms with Crippen molar-refractivity contribution in [3.63, 3.8) is 0 Å². The summed E-state index contributed by atoms with van der Waals surface area (Å²) in [6.45, 7) is 2.63. The Bertz CT molecular complexity index is 506. The molecule has 2 rings (SSSR count). The SMILES string of the molecule is Cc1cc(=O)n(CCNC(=O)NC2CCCCC2)cn1. The van der Waals surface area contributed by atoms with Crippen LogP contribution in [0.25, 0.3) is 0 Å². The molecule has 1 aromatic heterocycles. The predicted octanol–water partition coefficient (Wildman–Crippen LogP) is 1.18. The number of nitrogens with one attached hydrogen (secondary N) is 2. The molecule has 6 nitrogen and oxygen atoms in total. The first kappa shape index (κ1) is 14.6. The van der Waals surface area contributed by atoms with Gasteiger partial charge in [0, 0.05) is 30.9 Å². The second-order valence-electron chi connectivity index (χ2n) is 5.30. The highest BCUT2D eigenvalue weighted by Gasteiger charge is 2.15. The molecule has 0 bridgehead atoms. The molecule has 0 radical (unpaired) electrons. The van der Waals surface area contributed by atoms with E-state index in [4.69, 9.17) is 0 Å². The predicted molar refractivity (Wildman–Crippen MR) is 76.6 cm³/mol. The molecule has 1 aromatic rings. The molecule has 20 heavy (non-hydrogen) atoms. The molecule has 6 heteroatoms. The summed E-state index contributed by atoms with van der Waals surface area (Å²) >= 11 is 0. The maximum absolute atomic E-state index is 11.7. The molecule has 1 aliphatic carbocycles. The zero-order chi connectivity index (χ0) is 14.4. The molecule has 0 spiro atoms. The zero-order valence-corrected chi connectivity index (χ0v) is 11.9.